The van der Waals surface area contributed by atoms with Gasteiger partial charge in [-0.3, -0.25) is 4.48 Å². The SMILES string of the molecule is CCCCCCCCCCCC[N+](C)(C(C)O)C(C)O.[Br-]. The number of rotatable bonds is 13. The number of nitrogens with zero attached hydrogens (tertiary/aromatic N) is 1. The van der Waals surface area contributed by atoms with Gasteiger partial charge in [0, 0.05) is 13.8 Å². The Bertz CT molecular complexity index is 215. The van der Waals surface area contributed by atoms with E-state index < -0.39 is 12.5 Å². The molecule has 0 heterocycles. The molecule has 2 atom stereocenters. The van der Waals surface area contributed by atoms with Crippen LogP contribution in [-0.4, -0.2) is 40.7 Å². The first-order chi connectivity index (χ1) is 9.45. The third kappa shape index (κ3) is 10.7. The summed E-state index contributed by atoms with van der Waals surface area (Å²) in [7, 11) is 1.93. The number of quaternary nitrogens is 1. The highest BCUT2D eigenvalue weighted by atomic mass is 79.9. The number of aliphatic hydroxyl groups is 2. The zero-order chi connectivity index (χ0) is 15.4. The summed E-state index contributed by atoms with van der Waals surface area (Å²) < 4.78 is 0.344. The van der Waals surface area contributed by atoms with E-state index in [1.54, 1.807) is 13.8 Å². The van der Waals surface area contributed by atoms with Gasteiger partial charge in [0.05, 0.1) is 13.6 Å². The van der Waals surface area contributed by atoms with Crippen molar-refractivity contribution in [2.24, 2.45) is 0 Å². The van der Waals surface area contributed by atoms with Gasteiger partial charge in [-0.25, -0.2) is 0 Å². The summed E-state index contributed by atoms with van der Waals surface area (Å²) in [6.07, 6.45) is 12.2. The normalized spacial score (nSPS) is 16.9. The van der Waals surface area contributed by atoms with Crippen molar-refractivity contribution in [2.45, 2.75) is 97.4 Å². The van der Waals surface area contributed by atoms with E-state index in [2.05, 4.69) is 6.92 Å². The average molecular weight is 368 g/mol. The van der Waals surface area contributed by atoms with E-state index in [-0.39, 0.29) is 17.0 Å². The van der Waals surface area contributed by atoms with Crippen molar-refractivity contribution in [3.8, 4) is 0 Å². The van der Waals surface area contributed by atoms with Crippen LogP contribution in [0.5, 0.6) is 0 Å². The molecule has 0 saturated carbocycles. The molecule has 0 fully saturated rings. The molecule has 0 aromatic rings. The molecule has 0 aliphatic heterocycles. The molecule has 3 nitrogen and oxygen atoms in total. The van der Waals surface area contributed by atoms with Crippen LogP contribution >= 0.6 is 0 Å². The Labute approximate surface area is 143 Å². The Morgan fingerprint density at radius 3 is 1.38 bits per heavy atom. The predicted molar refractivity (Wildman–Crippen MR) is 86.3 cm³/mol. The average Bonchev–Trinajstić information content (AvgIpc) is 2.40. The molecule has 0 spiro atoms. The zero-order valence-corrected chi connectivity index (χ0v) is 16.2. The fourth-order valence-electron chi connectivity index (χ4n) is 2.63. The molecule has 0 rings (SSSR count). The maximum absolute atomic E-state index is 9.80. The first-order valence-electron chi connectivity index (χ1n) is 8.66. The van der Waals surface area contributed by atoms with Crippen LogP contribution in [0.1, 0.15) is 85.0 Å². The van der Waals surface area contributed by atoms with E-state index in [9.17, 15) is 10.2 Å². The van der Waals surface area contributed by atoms with Crippen molar-refractivity contribution >= 4 is 0 Å². The lowest BCUT2D eigenvalue weighted by molar-refractivity contribution is -0.990. The second-order valence-electron chi connectivity index (χ2n) is 6.52. The summed E-state index contributed by atoms with van der Waals surface area (Å²) in [4.78, 5) is 0. The van der Waals surface area contributed by atoms with E-state index in [0.717, 1.165) is 13.0 Å². The van der Waals surface area contributed by atoms with E-state index >= 15 is 0 Å². The molecule has 0 aromatic heterocycles. The van der Waals surface area contributed by atoms with Crippen molar-refractivity contribution in [3.63, 3.8) is 0 Å². The molecule has 0 aliphatic carbocycles. The third-order valence-corrected chi connectivity index (χ3v) is 4.70. The molecule has 0 saturated heterocycles. The van der Waals surface area contributed by atoms with Crippen molar-refractivity contribution in [3.05, 3.63) is 0 Å². The molecular formula is C17H38BrNO2. The Morgan fingerprint density at radius 1 is 0.714 bits per heavy atom. The minimum atomic E-state index is -0.506. The Kier molecular flexibility index (Phi) is 15.7. The van der Waals surface area contributed by atoms with Gasteiger partial charge in [-0.2, -0.15) is 0 Å². The van der Waals surface area contributed by atoms with Crippen LogP contribution in [0.3, 0.4) is 0 Å². The molecule has 21 heavy (non-hydrogen) atoms. The molecule has 4 heteroatoms. The van der Waals surface area contributed by atoms with E-state index in [1.165, 1.54) is 57.8 Å². The molecule has 0 aliphatic rings. The molecule has 2 unspecified atom stereocenters. The monoisotopic (exact) mass is 367 g/mol. The lowest BCUT2D eigenvalue weighted by Crippen LogP contribution is -3.00. The van der Waals surface area contributed by atoms with Crippen molar-refractivity contribution < 1.29 is 31.7 Å². The summed E-state index contributed by atoms with van der Waals surface area (Å²) in [5, 5.41) is 19.6. The van der Waals surface area contributed by atoms with Crippen LogP contribution in [-0.2, 0) is 0 Å². The predicted octanol–water partition coefficient (Wildman–Crippen LogP) is 1.03. The van der Waals surface area contributed by atoms with Crippen LogP contribution in [0.25, 0.3) is 0 Å². The maximum Gasteiger partial charge on any atom is 0.189 e. The first-order valence-corrected chi connectivity index (χ1v) is 8.66. The second-order valence-corrected chi connectivity index (χ2v) is 6.52. The van der Waals surface area contributed by atoms with Gasteiger partial charge in [-0.05, 0) is 12.8 Å². The van der Waals surface area contributed by atoms with Crippen LogP contribution in [0.2, 0.25) is 0 Å². The van der Waals surface area contributed by atoms with Gasteiger partial charge in [0.15, 0.2) is 12.5 Å². The lowest BCUT2D eigenvalue weighted by atomic mass is 10.1. The van der Waals surface area contributed by atoms with Crippen molar-refractivity contribution in [2.75, 3.05) is 13.6 Å². The first kappa shape index (κ1) is 23.6. The summed E-state index contributed by atoms with van der Waals surface area (Å²) in [6, 6.07) is 0. The molecule has 130 valence electrons. The minimum Gasteiger partial charge on any atom is -1.00 e. The van der Waals surface area contributed by atoms with Crippen LogP contribution in [0.15, 0.2) is 0 Å². The molecule has 2 N–H and O–H groups in total. The molecule has 0 radical (unpaired) electrons. The van der Waals surface area contributed by atoms with Crippen molar-refractivity contribution in [1.29, 1.82) is 0 Å². The number of aliphatic hydroxyl groups excluding tert-OH is 2. The smallest absolute Gasteiger partial charge is 0.189 e. The van der Waals surface area contributed by atoms with Gasteiger partial charge in [0.25, 0.3) is 0 Å². The Morgan fingerprint density at radius 2 is 1.05 bits per heavy atom. The Hall–Kier alpha value is 0.360. The van der Waals surface area contributed by atoms with Gasteiger partial charge in [-0.15, -0.1) is 0 Å². The lowest BCUT2D eigenvalue weighted by Gasteiger charge is -2.39. The highest BCUT2D eigenvalue weighted by Gasteiger charge is 2.31. The standard InChI is InChI=1S/C17H38NO2.BrH/c1-5-6-7-8-9-10-11-12-13-14-15-18(4,16(2)19)17(3)20;/h16-17,19-20H,5-15H2,1-4H3;1H/q+1;/p-1. The zero-order valence-electron chi connectivity index (χ0n) is 14.7. The molecular weight excluding hydrogens is 330 g/mol. The number of halogens is 1. The van der Waals surface area contributed by atoms with E-state index in [1.807, 2.05) is 7.05 Å². The highest BCUT2D eigenvalue weighted by Crippen LogP contribution is 2.16. The van der Waals surface area contributed by atoms with Gasteiger partial charge in [0.2, 0.25) is 0 Å². The fourth-order valence-corrected chi connectivity index (χ4v) is 2.63. The van der Waals surface area contributed by atoms with Crippen LogP contribution < -0.4 is 17.0 Å². The Balaban J connectivity index is 0. The van der Waals surface area contributed by atoms with Gasteiger partial charge in [-0.1, -0.05) is 58.3 Å². The largest absolute Gasteiger partial charge is 1.00 e. The van der Waals surface area contributed by atoms with E-state index in [4.69, 9.17) is 0 Å². The van der Waals surface area contributed by atoms with Crippen molar-refractivity contribution in [1.82, 2.24) is 0 Å². The van der Waals surface area contributed by atoms with Crippen LogP contribution in [0, 0.1) is 0 Å². The van der Waals surface area contributed by atoms with Crippen LogP contribution in [0.4, 0.5) is 0 Å². The second kappa shape index (κ2) is 14.0. The summed E-state index contributed by atoms with van der Waals surface area (Å²) in [5.41, 5.74) is 0. The van der Waals surface area contributed by atoms with Gasteiger partial charge in [0.1, 0.15) is 0 Å². The molecule has 0 aromatic carbocycles. The topological polar surface area (TPSA) is 40.5 Å². The number of hydrogen-bond donors (Lipinski definition) is 2. The highest BCUT2D eigenvalue weighted by molar-refractivity contribution is 4.49. The maximum atomic E-state index is 9.80. The quantitative estimate of drug-likeness (QED) is 0.290. The van der Waals surface area contributed by atoms with Gasteiger partial charge >= 0.3 is 0 Å². The summed E-state index contributed by atoms with van der Waals surface area (Å²) in [6.45, 7) is 6.64. The molecule has 0 bridgehead atoms. The summed E-state index contributed by atoms with van der Waals surface area (Å²) >= 11 is 0. The molecule has 0 amide bonds. The fraction of sp³-hybridized carbons (Fsp3) is 1.00. The minimum absolute atomic E-state index is 0. The number of hydrogen-bond acceptors (Lipinski definition) is 2. The third-order valence-electron chi connectivity index (χ3n) is 4.70. The number of unbranched alkanes of at least 4 members (excludes halogenated alkanes) is 9. The van der Waals surface area contributed by atoms with E-state index in [0.29, 0.717) is 4.48 Å². The van der Waals surface area contributed by atoms with Gasteiger partial charge < -0.3 is 27.2 Å². The summed E-state index contributed by atoms with van der Waals surface area (Å²) in [5.74, 6) is 0.